The van der Waals surface area contributed by atoms with Crippen LogP contribution in [0.15, 0.2) is 4.60 Å². The van der Waals surface area contributed by atoms with Crippen LogP contribution in [0.1, 0.15) is 0 Å². The number of hydrogen-bond acceptors (Lipinski definition) is 3. The largest absolute Gasteiger partial charge is 0.170 e. The predicted molar refractivity (Wildman–Crippen MR) is 26.4 cm³/mol. The van der Waals surface area contributed by atoms with E-state index in [-0.39, 0.29) is 0 Å². The fourth-order valence-electron chi connectivity index (χ4n) is 0.135. The maximum absolute atomic E-state index is 3.71. The average Bonchev–Trinajstić information content (AvgIpc) is 1.86. The Morgan fingerprint density at radius 3 is 2.83 bits per heavy atom. The standard InChI is InChI=1S/C2BrN2S/c3-2-1-4-6-5-2. The van der Waals surface area contributed by atoms with Gasteiger partial charge in [0.15, 0.2) is 0 Å². The van der Waals surface area contributed by atoms with Crippen LogP contribution >= 0.6 is 27.7 Å². The van der Waals surface area contributed by atoms with Crippen molar-refractivity contribution < 1.29 is 0 Å². The first-order valence-corrected chi connectivity index (χ1v) is 2.77. The molecule has 2 nitrogen and oxygen atoms in total. The van der Waals surface area contributed by atoms with Crippen LogP contribution in [0.3, 0.4) is 0 Å². The minimum Gasteiger partial charge on any atom is -0.170 e. The number of hydrogen-bond donors (Lipinski definition) is 0. The zero-order valence-electron chi connectivity index (χ0n) is 2.68. The fourth-order valence-corrected chi connectivity index (χ4v) is 0.816. The molecule has 0 bridgehead atoms. The molecule has 1 radical (unpaired) electrons. The van der Waals surface area contributed by atoms with Crippen molar-refractivity contribution in [2.75, 3.05) is 0 Å². The van der Waals surface area contributed by atoms with Crippen molar-refractivity contribution in [3.8, 4) is 0 Å². The van der Waals surface area contributed by atoms with Crippen LogP contribution in [0.5, 0.6) is 0 Å². The molecule has 6 heavy (non-hydrogen) atoms. The molecule has 0 aromatic carbocycles. The molecule has 31 valence electrons. The quantitative estimate of drug-likeness (QED) is 0.573. The first-order chi connectivity index (χ1) is 2.89. The SMILES string of the molecule is Brc1[c]nsn1. The summed E-state index contributed by atoms with van der Waals surface area (Å²) in [5.41, 5.74) is 0. The third-order valence-corrected chi connectivity index (χ3v) is 1.33. The smallest absolute Gasteiger partial charge is 0.149 e. The van der Waals surface area contributed by atoms with Gasteiger partial charge in [-0.25, -0.2) is 0 Å². The molecule has 0 saturated carbocycles. The number of rotatable bonds is 0. The molecule has 1 heterocycles. The molecule has 1 aromatic heterocycles. The van der Waals surface area contributed by atoms with Crippen molar-refractivity contribution in [3.05, 3.63) is 10.8 Å². The monoisotopic (exact) mass is 163 g/mol. The normalized spacial score (nSPS) is 8.83. The third kappa shape index (κ3) is 0.753. The van der Waals surface area contributed by atoms with Crippen molar-refractivity contribution >= 4 is 27.7 Å². The molecule has 0 N–H and O–H groups in total. The van der Waals surface area contributed by atoms with Gasteiger partial charge in [0.05, 0.1) is 11.7 Å². The third-order valence-electron chi connectivity index (χ3n) is 0.300. The van der Waals surface area contributed by atoms with E-state index >= 15 is 0 Å². The highest BCUT2D eigenvalue weighted by atomic mass is 79.9. The van der Waals surface area contributed by atoms with Gasteiger partial charge >= 0.3 is 0 Å². The van der Waals surface area contributed by atoms with Gasteiger partial charge in [-0.3, -0.25) is 0 Å². The molecule has 4 heteroatoms. The van der Waals surface area contributed by atoms with Crippen LogP contribution in [-0.2, 0) is 0 Å². The molecule has 0 amide bonds. The molecule has 0 aliphatic heterocycles. The van der Waals surface area contributed by atoms with Gasteiger partial charge < -0.3 is 0 Å². The Kier molecular flexibility index (Phi) is 1.16. The molecule has 0 unspecified atom stereocenters. The molecule has 1 aromatic rings. The summed E-state index contributed by atoms with van der Waals surface area (Å²) in [5.74, 6) is 0. The van der Waals surface area contributed by atoms with E-state index in [9.17, 15) is 0 Å². The Bertz CT molecular complexity index is 115. The lowest BCUT2D eigenvalue weighted by atomic mass is 11.0. The minimum absolute atomic E-state index is 0.688. The van der Waals surface area contributed by atoms with E-state index in [1.807, 2.05) is 0 Å². The molecule has 0 fully saturated rings. The second kappa shape index (κ2) is 1.66. The Labute approximate surface area is 47.7 Å². The van der Waals surface area contributed by atoms with E-state index in [0.29, 0.717) is 4.60 Å². The lowest BCUT2D eigenvalue weighted by molar-refractivity contribution is 1.44. The van der Waals surface area contributed by atoms with E-state index in [1.165, 1.54) is 0 Å². The molecule has 0 aliphatic rings. The second-order valence-corrected chi connectivity index (χ2v) is 1.95. The summed E-state index contributed by atoms with van der Waals surface area (Å²) >= 11 is 4.20. The molecular weight excluding hydrogens is 164 g/mol. The van der Waals surface area contributed by atoms with Crippen molar-refractivity contribution in [1.82, 2.24) is 8.75 Å². The van der Waals surface area contributed by atoms with Crippen molar-refractivity contribution in [2.24, 2.45) is 0 Å². The Hall–Kier alpha value is 0.0400. The van der Waals surface area contributed by atoms with Gasteiger partial charge in [0.2, 0.25) is 0 Å². The van der Waals surface area contributed by atoms with Gasteiger partial charge in [0.25, 0.3) is 0 Å². The van der Waals surface area contributed by atoms with Crippen molar-refractivity contribution in [2.45, 2.75) is 0 Å². The van der Waals surface area contributed by atoms with E-state index in [4.69, 9.17) is 0 Å². The molecule has 0 saturated heterocycles. The van der Waals surface area contributed by atoms with Crippen LogP contribution in [0.4, 0.5) is 0 Å². The number of halogens is 1. The Morgan fingerprint density at radius 2 is 2.67 bits per heavy atom. The molecule has 0 spiro atoms. The van der Waals surface area contributed by atoms with Gasteiger partial charge in [-0.15, -0.1) is 0 Å². The van der Waals surface area contributed by atoms with Gasteiger partial charge in [-0.05, 0) is 15.9 Å². The van der Waals surface area contributed by atoms with Crippen LogP contribution in [0.25, 0.3) is 0 Å². The topological polar surface area (TPSA) is 25.8 Å². The zero-order chi connectivity index (χ0) is 4.41. The van der Waals surface area contributed by atoms with Crippen LogP contribution in [-0.4, -0.2) is 8.75 Å². The summed E-state index contributed by atoms with van der Waals surface area (Å²) in [6.45, 7) is 0. The van der Waals surface area contributed by atoms with E-state index < -0.39 is 0 Å². The first-order valence-electron chi connectivity index (χ1n) is 1.25. The summed E-state index contributed by atoms with van der Waals surface area (Å²) in [6, 6.07) is 0. The maximum Gasteiger partial charge on any atom is 0.149 e. The Morgan fingerprint density at radius 1 is 1.83 bits per heavy atom. The number of nitrogens with zero attached hydrogens (tertiary/aromatic N) is 2. The van der Waals surface area contributed by atoms with E-state index in [1.54, 1.807) is 0 Å². The minimum atomic E-state index is 0.688. The second-order valence-electron chi connectivity index (χ2n) is 0.667. The summed E-state index contributed by atoms with van der Waals surface area (Å²) in [6.07, 6.45) is 2.57. The molecule has 1 rings (SSSR count). The lowest BCUT2D eigenvalue weighted by Gasteiger charge is -1.57. The van der Waals surface area contributed by atoms with Gasteiger partial charge in [0, 0.05) is 0 Å². The van der Waals surface area contributed by atoms with Crippen molar-refractivity contribution in [3.63, 3.8) is 0 Å². The highest BCUT2D eigenvalue weighted by Crippen LogP contribution is 2.00. The van der Waals surface area contributed by atoms with Crippen LogP contribution < -0.4 is 0 Å². The summed E-state index contributed by atoms with van der Waals surface area (Å²) in [4.78, 5) is 0. The molecule has 0 atom stereocenters. The highest BCUT2D eigenvalue weighted by molar-refractivity contribution is 9.10. The lowest BCUT2D eigenvalue weighted by Crippen LogP contribution is -1.49. The van der Waals surface area contributed by atoms with E-state index in [2.05, 4.69) is 30.9 Å². The van der Waals surface area contributed by atoms with Gasteiger partial charge in [-0.1, -0.05) is 0 Å². The summed E-state index contributed by atoms with van der Waals surface area (Å²) in [7, 11) is 0. The summed E-state index contributed by atoms with van der Waals surface area (Å²) < 4.78 is 7.98. The first kappa shape index (κ1) is 4.21. The van der Waals surface area contributed by atoms with Gasteiger partial charge in [0.1, 0.15) is 10.8 Å². The maximum atomic E-state index is 3.71. The Balaban J connectivity index is 3.05. The summed E-state index contributed by atoms with van der Waals surface area (Å²) in [5, 5.41) is 0. The van der Waals surface area contributed by atoms with Gasteiger partial charge in [-0.2, -0.15) is 8.75 Å². The van der Waals surface area contributed by atoms with Crippen molar-refractivity contribution in [1.29, 1.82) is 0 Å². The average molecular weight is 164 g/mol. The fraction of sp³-hybridized carbons (Fsp3) is 0. The highest BCUT2D eigenvalue weighted by Gasteiger charge is 1.82. The molecular formula is C2BrN2S. The van der Waals surface area contributed by atoms with Crippen LogP contribution in [0, 0.1) is 6.20 Å². The zero-order valence-corrected chi connectivity index (χ0v) is 5.08. The predicted octanol–water partition coefficient (Wildman–Crippen LogP) is 1.10. The van der Waals surface area contributed by atoms with Crippen LogP contribution in [0.2, 0.25) is 0 Å². The molecule has 0 aliphatic carbocycles. The number of aromatic nitrogens is 2. The van der Waals surface area contributed by atoms with E-state index in [0.717, 1.165) is 11.7 Å².